The lowest BCUT2D eigenvalue weighted by Crippen LogP contribution is -2.37. The second-order valence-corrected chi connectivity index (χ2v) is 5.21. The van der Waals surface area contributed by atoms with Gasteiger partial charge in [-0.05, 0) is 25.8 Å². The van der Waals surface area contributed by atoms with Gasteiger partial charge in [0.1, 0.15) is 5.75 Å². The molecule has 0 saturated heterocycles. The fraction of sp³-hybridized carbons (Fsp3) is 0.625. The molecule has 1 aromatic rings. The van der Waals surface area contributed by atoms with Gasteiger partial charge in [-0.2, -0.15) is 0 Å². The molecule has 19 heavy (non-hydrogen) atoms. The lowest BCUT2D eigenvalue weighted by molar-refractivity contribution is 0.110. The van der Waals surface area contributed by atoms with E-state index in [0.29, 0.717) is 0 Å². The first-order chi connectivity index (χ1) is 9.12. The van der Waals surface area contributed by atoms with Crippen LogP contribution in [0.15, 0.2) is 24.3 Å². The van der Waals surface area contributed by atoms with Gasteiger partial charge in [-0.15, -0.1) is 0 Å². The van der Waals surface area contributed by atoms with Gasteiger partial charge >= 0.3 is 0 Å². The van der Waals surface area contributed by atoms with Crippen molar-refractivity contribution < 1.29 is 9.84 Å². The van der Waals surface area contributed by atoms with E-state index in [4.69, 9.17) is 4.74 Å². The SMILES string of the molecule is CCC(CC)(CO)CN[C@H](C)c1ccccc1OC. The number of para-hydroxylation sites is 1. The molecule has 2 N–H and O–H groups in total. The quantitative estimate of drug-likeness (QED) is 0.758. The Morgan fingerprint density at radius 1 is 1.26 bits per heavy atom. The molecule has 0 saturated carbocycles. The molecule has 108 valence electrons. The molecule has 1 aromatic carbocycles. The molecular weight excluding hydrogens is 238 g/mol. The average molecular weight is 265 g/mol. The lowest BCUT2D eigenvalue weighted by atomic mass is 9.83. The van der Waals surface area contributed by atoms with Gasteiger partial charge in [0.2, 0.25) is 0 Å². The molecule has 0 unspecified atom stereocenters. The fourth-order valence-corrected chi connectivity index (χ4v) is 2.28. The van der Waals surface area contributed by atoms with Crippen LogP contribution in [-0.4, -0.2) is 25.4 Å². The summed E-state index contributed by atoms with van der Waals surface area (Å²) >= 11 is 0. The third-order valence-electron chi connectivity index (χ3n) is 4.22. The highest BCUT2D eigenvalue weighted by Crippen LogP contribution is 2.28. The van der Waals surface area contributed by atoms with Crippen molar-refractivity contribution in [2.24, 2.45) is 5.41 Å². The predicted molar refractivity (Wildman–Crippen MR) is 79.5 cm³/mol. The fourth-order valence-electron chi connectivity index (χ4n) is 2.28. The third kappa shape index (κ3) is 3.95. The van der Waals surface area contributed by atoms with Crippen LogP contribution in [0.2, 0.25) is 0 Å². The van der Waals surface area contributed by atoms with Crippen LogP contribution in [0.4, 0.5) is 0 Å². The highest BCUT2D eigenvalue weighted by molar-refractivity contribution is 5.35. The van der Waals surface area contributed by atoms with Crippen molar-refractivity contribution in [2.75, 3.05) is 20.3 Å². The molecule has 3 heteroatoms. The molecule has 0 bridgehead atoms. The summed E-state index contributed by atoms with van der Waals surface area (Å²) in [6.07, 6.45) is 1.96. The van der Waals surface area contributed by atoms with Crippen molar-refractivity contribution in [3.8, 4) is 5.75 Å². The maximum absolute atomic E-state index is 9.60. The van der Waals surface area contributed by atoms with Crippen LogP contribution in [0.3, 0.4) is 0 Å². The van der Waals surface area contributed by atoms with Gasteiger partial charge in [0.25, 0.3) is 0 Å². The van der Waals surface area contributed by atoms with Gasteiger partial charge in [0.15, 0.2) is 0 Å². The van der Waals surface area contributed by atoms with Crippen molar-refractivity contribution in [3.63, 3.8) is 0 Å². The molecule has 0 aromatic heterocycles. The number of rotatable bonds is 8. The summed E-state index contributed by atoms with van der Waals surface area (Å²) in [6.45, 7) is 7.44. The maximum Gasteiger partial charge on any atom is 0.123 e. The summed E-state index contributed by atoms with van der Waals surface area (Å²) in [7, 11) is 1.70. The van der Waals surface area contributed by atoms with Crippen molar-refractivity contribution in [1.82, 2.24) is 5.32 Å². The van der Waals surface area contributed by atoms with Crippen LogP contribution >= 0.6 is 0 Å². The first-order valence-corrected chi connectivity index (χ1v) is 7.09. The van der Waals surface area contributed by atoms with E-state index in [-0.39, 0.29) is 18.1 Å². The Morgan fingerprint density at radius 3 is 2.42 bits per heavy atom. The Labute approximate surface area is 117 Å². The number of ether oxygens (including phenoxy) is 1. The molecule has 0 aliphatic rings. The van der Waals surface area contributed by atoms with Gasteiger partial charge in [-0.3, -0.25) is 0 Å². The summed E-state index contributed by atoms with van der Waals surface area (Å²) < 4.78 is 5.39. The van der Waals surface area contributed by atoms with Crippen molar-refractivity contribution in [1.29, 1.82) is 0 Å². The van der Waals surface area contributed by atoms with E-state index in [0.717, 1.165) is 30.7 Å². The van der Waals surface area contributed by atoms with Crippen molar-refractivity contribution in [2.45, 2.75) is 39.7 Å². The van der Waals surface area contributed by atoms with Crippen LogP contribution < -0.4 is 10.1 Å². The molecule has 0 heterocycles. The minimum absolute atomic E-state index is 0.0176. The maximum atomic E-state index is 9.60. The van der Waals surface area contributed by atoms with Gasteiger partial charge in [0.05, 0.1) is 7.11 Å². The van der Waals surface area contributed by atoms with E-state index in [1.165, 1.54) is 0 Å². The Morgan fingerprint density at radius 2 is 1.89 bits per heavy atom. The first kappa shape index (κ1) is 16.0. The second kappa shape index (κ2) is 7.51. The van der Waals surface area contributed by atoms with Crippen LogP contribution in [0, 0.1) is 5.41 Å². The molecule has 0 aliphatic heterocycles. The molecule has 0 aliphatic carbocycles. The highest BCUT2D eigenvalue weighted by atomic mass is 16.5. The van der Waals surface area contributed by atoms with Crippen molar-refractivity contribution in [3.05, 3.63) is 29.8 Å². The average Bonchev–Trinajstić information content (AvgIpc) is 2.49. The highest BCUT2D eigenvalue weighted by Gasteiger charge is 2.26. The molecule has 0 spiro atoms. The molecule has 3 nitrogen and oxygen atoms in total. The number of aliphatic hydroxyl groups excluding tert-OH is 1. The minimum Gasteiger partial charge on any atom is -0.496 e. The number of hydrogen-bond acceptors (Lipinski definition) is 3. The van der Waals surface area contributed by atoms with E-state index in [1.54, 1.807) is 7.11 Å². The van der Waals surface area contributed by atoms with Gasteiger partial charge < -0.3 is 15.2 Å². The summed E-state index contributed by atoms with van der Waals surface area (Å²) in [4.78, 5) is 0. The van der Waals surface area contributed by atoms with E-state index in [1.807, 2.05) is 18.2 Å². The first-order valence-electron chi connectivity index (χ1n) is 7.09. The molecular formula is C16H27NO2. The Hall–Kier alpha value is -1.06. The van der Waals surface area contributed by atoms with Gasteiger partial charge in [-0.1, -0.05) is 32.0 Å². The Balaban J connectivity index is 2.72. The molecule has 0 radical (unpaired) electrons. The van der Waals surface area contributed by atoms with E-state index in [9.17, 15) is 5.11 Å². The minimum atomic E-state index is -0.0176. The zero-order valence-corrected chi connectivity index (χ0v) is 12.6. The third-order valence-corrected chi connectivity index (χ3v) is 4.22. The second-order valence-electron chi connectivity index (χ2n) is 5.21. The number of nitrogens with one attached hydrogen (secondary N) is 1. The molecule has 0 amide bonds. The standard InChI is InChI=1S/C16H27NO2/c1-5-16(6-2,12-18)11-17-13(3)14-9-7-8-10-15(14)19-4/h7-10,13,17-18H,5-6,11-12H2,1-4H3/t13-/m1/s1. The Kier molecular flexibility index (Phi) is 6.32. The number of hydrogen-bond donors (Lipinski definition) is 2. The van der Waals surface area contributed by atoms with Gasteiger partial charge in [-0.25, -0.2) is 0 Å². The normalized spacial score (nSPS) is 13.3. The van der Waals surface area contributed by atoms with Crippen LogP contribution in [-0.2, 0) is 0 Å². The summed E-state index contributed by atoms with van der Waals surface area (Å²) in [5, 5.41) is 13.1. The van der Waals surface area contributed by atoms with Crippen molar-refractivity contribution >= 4 is 0 Å². The lowest BCUT2D eigenvalue weighted by Gasteiger charge is -2.31. The molecule has 1 atom stereocenters. The summed E-state index contributed by atoms with van der Waals surface area (Å²) in [5.41, 5.74) is 1.14. The number of benzene rings is 1. The summed E-state index contributed by atoms with van der Waals surface area (Å²) in [6, 6.07) is 8.27. The van der Waals surface area contributed by atoms with E-state index >= 15 is 0 Å². The number of methoxy groups -OCH3 is 1. The van der Waals surface area contributed by atoms with Crippen LogP contribution in [0.5, 0.6) is 5.75 Å². The smallest absolute Gasteiger partial charge is 0.123 e. The van der Waals surface area contributed by atoms with E-state index in [2.05, 4.69) is 32.2 Å². The van der Waals surface area contributed by atoms with E-state index < -0.39 is 0 Å². The monoisotopic (exact) mass is 265 g/mol. The number of aliphatic hydroxyl groups is 1. The zero-order chi connectivity index (χ0) is 14.3. The predicted octanol–water partition coefficient (Wildman–Crippen LogP) is 3.14. The largest absolute Gasteiger partial charge is 0.496 e. The molecule has 0 fully saturated rings. The molecule has 1 rings (SSSR count). The van der Waals surface area contributed by atoms with Gasteiger partial charge in [0, 0.05) is 30.2 Å². The Bertz CT molecular complexity index is 367. The van der Waals surface area contributed by atoms with Crippen LogP contribution in [0.25, 0.3) is 0 Å². The zero-order valence-electron chi connectivity index (χ0n) is 12.6. The van der Waals surface area contributed by atoms with Crippen LogP contribution in [0.1, 0.15) is 45.2 Å². The summed E-state index contributed by atoms with van der Waals surface area (Å²) in [5.74, 6) is 0.907. The topological polar surface area (TPSA) is 41.5 Å².